The molecule has 55 heavy (non-hydrogen) atoms. The predicted molar refractivity (Wildman–Crippen MR) is 181 cm³/mol. The number of methoxy groups -OCH3 is 3. The van der Waals surface area contributed by atoms with Gasteiger partial charge in [0.1, 0.15) is 59.1 Å². The molecule has 8 N–H and O–H groups in total. The Morgan fingerprint density at radius 3 is 2.31 bits per heavy atom. The minimum atomic E-state index is -2.19. The van der Waals surface area contributed by atoms with E-state index < -0.39 is 121 Å². The number of benzene rings is 2. The number of hydrogen-bond donors (Lipinski definition) is 8. The molecule has 0 bridgehead atoms. The highest BCUT2D eigenvalue weighted by Crippen LogP contribution is 2.40. The Kier molecular flexibility index (Phi) is 12.4. The number of phenols is 2. The molecule has 3 heterocycles. The molecular formula is C35H42O20. The summed E-state index contributed by atoms with van der Waals surface area (Å²) in [5.41, 5.74) is -5.18. The van der Waals surface area contributed by atoms with Crippen LogP contribution in [0, 0.1) is 0 Å². The van der Waals surface area contributed by atoms with Crippen LogP contribution in [-0.2, 0) is 33.3 Å². The molecule has 2 fully saturated rings. The minimum Gasteiger partial charge on any atom is -0.507 e. The minimum absolute atomic E-state index is 0.0514. The van der Waals surface area contributed by atoms with E-state index in [4.69, 9.17) is 37.6 Å². The number of hydrogen-bond acceptors (Lipinski definition) is 20. The number of fused-ring (bicyclic) bond motifs is 1. The zero-order valence-corrected chi connectivity index (χ0v) is 29.9. The maximum absolute atomic E-state index is 14.2. The fourth-order valence-electron chi connectivity index (χ4n) is 5.94. The lowest BCUT2D eigenvalue weighted by Gasteiger charge is -2.42. The molecule has 3 aromatic rings. The van der Waals surface area contributed by atoms with Gasteiger partial charge in [0, 0.05) is 17.7 Å². The van der Waals surface area contributed by atoms with E-state index in [1.807, 2.05) is 0 Å². The Morgan fingerprint density at radius 2 is 1.67 bits per heavy atom. The topological polar surface area (TPSA) is 300 Å². The molecule has 302 valence electrons. The first kappa shape index (κ1) is 41.4. The van der Waals surface area contributed by atoms with E-state index in [9.17, 15) is 55.2 Å². The average molecular weight is 783 g/mol. The Morgan fingerprint density at radius 1 is 0.964 bits per heavy atom. The van der Waals surface area contributed by atoms with Crippen molar-refractivity contribution in [3.63, 3.8) is 0 Å². The van der Waals surface area contributed by atoms with Gasteiger partial charge in [-0.15, -0.1) is 0 Å². The van der Waals surface area contributed by atoms with Crippen LogP contribution in [0.3, 0.4) is 0 Å². The average Bonchev–Trinajstić information content (AvgIpc) is 3.43. The molecule has 20 nitrogen and oxygen atoms in total. The number of aliphatic hydroxyl groups excluding tert-OH is 4. The normalized spacial score (nSPS) is 27.6. The number of aromatic hydroxyl groups is 2. The van der Waals surface area contributed by atoms with Gasteiger partial charge in [-0.1, -0.05) is 0 Å². The van der Waals surface area contributed by atoms with Crippen molar-refractivity contribution < 1.29 is 92.8 Å². The molecule has 0 amide bonds. The number of phenolic OH excluding ortho intramolecular Hbond substituents is 2. The zero-order valence-electron chi connectivity index (χ0n) is 29.9. The van der Waals surface area contributed by atoms with Crippen LogP contribution in [-0.4, -0.2) is 148 Å². The van der Waals surface area contributed by atoms with Gasteiger partial charge in [0.25, 0.3) is 0 Å². The molecule has 9 atom stereocenters. The Balaban J connectivity index is 1.55. The van der Waals surface area contributed by atoms with Gasteiger partial charge in [0.05, 0.1) is 53.0 Å². The number of ether oxygens (including phenoxy) is 8. The Labute approximate surface area is 311 Å². The Bertz CT molecular complexity index is 1930. The molecule has 2 aliphatic heterocycles. The molecule has 2 aromatic carbocycles. The standard InChI is InChI=1S/C35H42O20/c1-34(45,10-22(39)49-4)11-23(40)50-12-21-25(41)27(43)30(55-33-31(44)35(46,13-36)14-51-33)32(53-21)54-29-26(42)24-18(38)8-16(47-2)9-20(24)52-28(29)15-5-6-17(37)19(7-15)48-3/h5-9,21,25,27,30-33,36-38,41,43-46H,10-14H2,1-4H3/t21-,25-,27+,30-,31+,32+,33+,34-,35-/m1/s1. The first-order chi connectivity index (χ1) is 25.9. The molecule has 5 rings (SSSR count). The van der Waals surface area contributed by atoms with Crippen LogP contribution in [0.5, 0.6) is 28.7 Å². The predicted octanol–water partition coefficient (Wildman–Crippen LogP) is -1.21. The molecule has 20 heteroatoms. The van der Waals surface area contributed by atoms with Gasteiger partial charge < -0.3 is 83.2 Å². The van der Waals surface area contributed by atoms with Gasteiger partial charge in [0.15, 0.2) is 29.7 Å². The highest BCUT2D eigenvalue weighted by atomic mass is 16.8. The van der Waals surface area contributed by atoms with Gasteiger partial charge in [-0.05, 0) is 25.1 Å². The molecule has 0 radical (unpaired) electrons. The van der Waals surface area contributed by atoms with Crippen molar-refractivity contribution >= 4 is 22.9 Å². The first-order valence-corrected chi connectivity index (χ1v) is 16.6. The summed E-state index contributed by atoms with van der Waals surface area (Å²) in [5, 5.41) is 84.5. The smallest absolute Gasteiger partial charge is 0.308 e. The number of esters is 2. The summed E-state index contributed by atoms with van der Waals surface area (Å²) >= 11 is 0. The lowest BCUT2D eigenvalue weighted by atomic mass is 9.97. The summed E-state index contributed by atoms with van der Waals surface area (Å²) in [4.78, 5) is 38.6. The summed E-state index contributed by atoms with van der Waals surface area (Å²) in [7, 11) is 3.68. The van der Waals surface area contributed by atoms with E-state index in [-0.39, 0.29) is 34.2 Å². The van der Waals surface area contributed by atoms with Gasteiger partial charge in [-0.25, -0.2) is 0 Å². The molecule has 1 aromatic heterocycles. The third-order valence-corrected chi connectivity index (χ3v) is 9.02. The number of rotatable bonds is 14. The van der Waals surface area contributed by atoms with Gasteiger partial charge >= 0.3 is 11.9 Å². The van der Waals surface area contributed by atoms with Crippen LogP contribution in [0.25, 0.3) is 22.3 Å². The van der Waals surface area contributed by atoms with E-state index in [0.29, 0.717) is 0 Å². The van der Waals surface area contributed by atoms with Crippen molar-refractivity contribution in [3.8, 4) is 40.1 Å². The highest BCUT2D eigenvalue weighted by Gasteiger charge is 2.54. The first-order valence-electron chi connectivity index (χ1n) is 16.6. The largest absolute Gasteiger partial charge is 0.507 e. The van der Waals surface area contributed by atoms with Crippen molar-refractivity contribution in [1.82, 2.24) is 0 Å². The van der Waals surface area contributed by atoms with E-state index >= 15 is 0 Å². The fourth-order valence-corrected chi connectivity index (χ4v) is 5.94. The molecule has 0 unspecified atom stereocenters. The maximum Gasteiger partial charge on any atom is 0.308 e. The van der Waals surface area contributed by atoms with Crippen molar-refractivity contribution in [2.24, 2.45) is 0 Å². The number of carbonyl (C=O) groups is 2. The maximum atomic E-state index is 14.2. The molecule has 0 aliphatic carbocycles. The zero-order chi connectivity index (χ0) is 40.4. The van der Waals surface area contributed by atoms with Gasteiger partial charge in [-0.2, -0.15) is 0 Å². The highest BCUT2D eigenvalue weighted by molar-refractivity contribution is 5.88. The third-order valence-electron chi connectivity index (χ3n) is 9.02. The van der Waals surface area contributed by atoms with Crippen LogP contribution in [0.4, 0.5) is 0 Å². The Hall–Kier alpha value is -4.77. The molecule has 2 saturated heterocycles. The molecular weight excluding hydrogens is 740 g/mol. The summed E-state index contributed by atoms with van der Waals surface area (Å²) in [6.07, 6.45) is -14.4. The van der Waals surface area contributed by atoms with Crippen molar-refractivity contribution in [3.05, 3.63) is 40.6 Å². The third kappa shape index (κ3) is 8.72. The van der Waals surface area contributed by atoms with Crippen LogP contribution in [0.2, 0.25) is 0 Å². The van der Waals surface area contributed by atoms with Crippen molar-refractivity contribution in [1.29, 1.82) is 0 Å². The van der Waals surface area contributed by atoms with E-state index in [1.54, 1.807) is 0 Å². The summed E-state index contributed by atoms with van der Waals surface area (Å²) in [6.45, 7) is -1.17. The number of aliphatic hydroxyl groups is 6. The summed E-state index contributed by atoms with van der Waals surface area (Å²) in [6, 6.07) is 6.28. The van der Waals surface area contributed by atoms with Crippen LogP contribution in [0.15, 0.2) is 39.5 Å². The van der Waals surface area contributed by atoms with Crippen molar-refractivity contribution in [2.45, 2.75) is 74.1 Å². The lowest BCUT2D eigenvalue weighted by molar-refractivity contribution is -0.319. The molecule has 2 aliphatic rings. The SMILES string of the molecule is COC(=O)C[C@@](C)(O)CC(=O)OC[C@H]1O[C@@H](Oc2c(-c3ccc(O)c(OC)c3)oc3cc(OC)cc(O)c3c2=O)[C@H](O[C@@H]2OC[C@](O)(CO)[C@H]2O)[C@@H](O)[C@@H]1O. The second-order valence-corrected chi connectivity index (χ2v) is 13.2. The quantitative estimate of drug-likeness (QED) is 0.0890. The van der Waals surface area contributed by atoms with E-state index in [1.165, 1.54) is 45.4 Å². The van der Waals surface area contributed by atoms with Crippen LogP contribution >= 0.6 is 0 Å². The summed E-state index contributed by atoms with van der Waals surface area (Å²) in [5.74, 6) is -3.68. The van der Waals surface area contributed by atoms with Crippen LogP contribution < -0.4 is 19.6 Å². The monoisotopic (exact) mass is 782 g/mol. The fraction of sp³-hybridized carbons (Fsp3) is 0.514. The second kappa shape index (κ2) is 16.5. The number of carbonyl (C=O) groups excluding carboxylic acids is 2. The lowest BCUT2D eigenvalue weighted by Crippen LogP contribution is -2.62. The molecule has 0 spiro atoms. The van der Waals surface area contributed by atoms with Crippen molar-refractivity contribution in [2.75, 3.05) is 41.2 Å². The van der Waals surface area contributed by atoms with E-state index in [0.717, 1.165) is 13.2 Å². The van der Waals surface area contributed by atoms with E-state index in [2.05, 4.69) is 4.74 Å². The second-order valence-electron chi connectivity index (χ2n) is 13.2. The van der Waals surface area contributed by atoms with Crippen LogP contribution in [0.1, 0.15) is 19.8 Å². The van der Waals surface area contributed by atoms with Gasteiger partial charge in [0.2, 0.25) is 17.5 Å². The van der Waals surface area contributed by atoms with Gasteiger partial charge in [-0.3, -0.25) is 14.4 Å². The molecule has 0 saturated carbocycles. The summed E-state index contributed by atoms with van der Waals surface area (Å²) < 4.78 is 49.2.